The molecular weight excluding hydrogens is 284 g/mol. The van der Waals surface area contributed by atoms with Crippen molar-refractivity contribution in [2.75, 3.05) is 18.6 Å². The van der Waals surface area contributed by atoms with Gasteiger partial charge in [-0.25, -0.2) is 15.8 Å². The highest BCUT2D eigenvalue weighted by atomic mass is 32.1. The van der Waals surface area contributed by atoms with E-state index in [0.29, 0.717) is 5.92 Å². The highest BCUT2D eigenvalue weighted by Gasteiger charge is 2.23. The van der Waals surface area contributed by atoms with Gasteiger partial charge in [-0.05, 0) is 43.6 Å². The summed E-state index contributed by atoms with van der Waals surface area (Å²) in [7, 11) is 0. The molecular formula is C15H20N4OS. The lowest BCUT2D eigenvalue weighted by Gasteiger charge is -2.12. The Kier molecular flexibility index (Phi) is 3.52. The number of anilines is 1. The molecule has 2 aromatic rings. The number of hydrogen-bond acceptors (Lipinski definition) is 6. The molecule has 1 aliphatic heterocycles. The minimum Gasteiger partial charge on any atom is -0.381 e. The first-order valence-corrected chi connectivity index (χ1v) is 8.52. The van der Waals surface area contributed by atoms with Crippen LogP contribution in [0.1, 0.15) is 35.5 Å². The average Bonchev–Trinajstić information content (AvgIpc) is 3.13. The van der Waals surface area contributed by atoms with Gasteiger partial charge in [-0.3, -0.25) is 0 Å². The lowest BCUT2D eigenvalue weighted by Crippen LogP contribution is -2.13. The Morgan fingerprint density at radius 2 is 2.19 bits per heavy atom. The first kappa shape index (κ1) is 13.4. The van der Waals surface area contributed by atoms with E-state index in [4.69, 9.17) is 15.6 Å². The first-order chi connectivity index (χ1) is 10.3. The van der Waals surface area contributed by atoms with Crippen molar-refractivity contribution in [1.82, 2.24) is 9.97 Å². The second-order valence-electron chi connectivity index (χ2n) is 5.96. The predicted octanol–water partition coefficient (Wildman–Crippen LogP) is 2.43. The lowest BCUT2D eigenvalue weighted by molar-refractivity contribution is 0.185. The number of nitrogens with zero attached hydrogens (tertiary/aromatic N) is 2. The lowest BCUT2D eigenvalue weighted by atomic mass is 9.97. The molecule has 5 nitrogen and oxygen atoms in total. The van der Waals surface area contributed by atoms with E-state index in [0.717, 1.165) is 54.3 Å². The van der Waals surface area contributed by atoms with Crippen molar-refractivity contribution in [3.8, 4) is 0 Å². The molecule has 4 rings (SSSR count). The van der Waals surface area contributed by atoms with Gasteiger partial charge < -0.3 is 10.2 Å². The third-order valence-corrected chi connectivity index (χ3v) is 5.68. The summed E-state index contributed by atoms with van der Waals surface area (Å²) in [5, 5.41) is 1.16. The zero-order valence-electron chi connectivity index (χ0n) is 12.0. The SMILES string of the molecule is NNc1nc(CC2CCOC2)nc2sc3c(c12)CCCC3. The van der Waals surface area contributed by atoms with Gasteiger partial charge in [-0.15, -0.1) is 11.3 Å². The van der Waals surface area contributed by atoms with Crippen molar-refractivity contribution < 1.29 is 4.74 Å². The first-order valence-electron chi connectivity index (χ1n) is 7.70. The summed E-state index contributed by atoms with van der Waals surface area (Å²) in [5.41, 5.74) is 4.22. The quantitative estimate of drug-likeness (QED) is 0.673. The monoisotopic (exact) mass is 304 g/mol. The second-order valence-corrected chi connectivity index (χ2v) is 7.04. The van der Waals surface area contributed by atoms with Crippen molar-refractivity contribution in [2.24, 2.45) is 11.8 Å². The highest BCUT2D eigenvalue weighted by molar-refractivity contribution is 7.19. The number of aryl methyl sites for hydroxylation is 2. The maximum Gasteiger partial charge on any atom is 0.152 e. The summed E-state index contributed by atoms with van der Waals surface area (Å²) < 4.78 is 5.45. The summed E-state index contributed by atoms with van der Waals surface area (Å²) in [4.78, 5) is 12.0. The van der Waals surface area contributed by atoms with E-state index in [-0.39, 0.29) is 0 Å². The molecule has 1 saturated heterocycles. The van der Waals surface area contributed by atoms with Gasteiger partial charge in [0.1, 0.15) is 10.7 Å². The maximum atomic E-state index is 5.72. The molecule has 2 aliphatic rings. The average molecular weight is 304 g/mol. The Labute approximate surface area is 127 Å². The number of aromatic nitrogens is 2. The molecule has 21 heavy (non-hydrogen) atoms. The number of hydrogen-bond donors (Lipinski definition) is 2. The van der Waals surface area contributed by atoms with Gasteiger partial charge in [0, 0.05) is 24.5 Å². The third kappa shape index (κ3) is 2.41. The van der Waals surface area contributed by atoms with Gasteiger partial charge in [0.15, 0.2) is 5.82 Å². The summed E-state index contributed by atoms with van der Waals surface area (Å²) in [6.07, 6.45) is 6.82. The summed E-state index contributed by atoms with van der Waals surface area (Å²) in [6.45, 7) is 1.69. The Morgan fingerprint density at radius 1 is 1.29 bits per heavy atom. The Morgan fingerprint density at radius 3 is 3.00 bits per heavy atom. The van der Waals surface area contributed by atoms with E-state index in [9.17, 15) is 0 Å². The number of rotatable bonds is 3. The van der Waals surface area contributed by atoms with Crippen molar-refractivity contribution >= 4 is 27.4 Å². The minimum atomic E-state index is 0.544. The number of thiophene rings is 1. The van der Waals surface area contributed by atoms with Crippen LogP contribution < -0.4 is 11.3 Å². The smallest absolute Gasteiger partial charge is 0.152 e. The number of hydrazine groups is 1. The zero-order valence-corrected chi connectivity index (χ0v) is 12.8. The fourth-order valence-corrected chi connectivity index (χ4v) is 4.68. The molecule has 1 unspecified atom stereocenters. The van der Waals surface area contributed by atoms with Crippen molar-refractivity contribution in [3.05, 3.63) is 16.3 Å². The van der Waals surface area contributed by atoms with Crippen LogP contribution in [0, 0.1) is 5.92 Å². The van der Waals surface area contributed by atoms with Crippen LogP contribution in [0.3, 0.4) is 0 Å². The third-order valence-electron chi connectivity index (χ3n) is 4.49. The molecule has 112 valence electrons. The van der Waals surface area contributed by atoms with E-state index in [2.05, 4.69) is 10.4 Å². The molecule has 0 saturated carbocycles. The number of fused-ring (bicyclic) bond motifs is 3. The molecule has 3 heterocycles. The fraction of sp³-hybridized carbons (Fsp3) is 0.600. The molecule has 1 aliphatic carbocycles. The normalized spacial score (nSPS) is 21.7. The van der Waals surface area contributed by atoms with Crippen molar-refractivity contribution in [3.63, 3.8) is 0 Å². The van der Waals surface area contributed by atoms with Crippen LogP contribution in [0.5, 0.6) is 0 Å². The van der Waals surface area contributed by atoms with Crippen LogP contribution in [0.2, 0.25) is 0 Å². The Balaban J connectivity index is 1.76. The van der Waals surface area contributed by atoms with Gasteiger partial charge in [-0.2, -0.15) is 0 Å². The Bertz CT molecular complexity index is 663. The summed E-state index contributed by atoms with van der Waals surface area (Å²) in [5.74, 6) is 7.96. The van der Waals surface area contributed by atoms with E-state index < -0.39 is 0 Å². The number of ether oxygens (including phenoxy) is 1. The van der Waals surface area contributed by atoms with Gasteiger partial charge in [0.05, 0.1) is 5.39 Å². The molecule has 3 N–H and O–H groups in total. The summed E-state index contributed by atoms with van der Waals surface area (Å²) >= 11 is 1.82. The molecule has 0 amide bonds. The van der Waals surface area contributed by atoms with E-state index >= 15 is 0 Å². The van der Waals surface area contributed by atoms with Crippen LogP contribution in [0.25, 0.3) is 10.2 Å². The van der Waals surface area contributed by atoms with Crippen LogP contribution >= 0.6 is 11.3 Å². The van der Waals surface area contributed by atoms with E-state index in [1.54, 1.807) is 0 Å². The molecule has 0 spiro atoms. The standard InChI is InChI=1S/C15H20N4OS/c16-19-14-13-10-3-1-2-4-11(10)21-15(13)18-12(17-14)7-9-5-6-20-8-9/h9H,1-8,16H2,(H,17,18,19). The topological polar surface area (TPSA) is 73.1 Å². The van der Waals surface area contributed by atoms with Crippen LogP contribution in [-0.2, 0) is 24.0 Å². The Hall–Kier alpha value is -1.24. The number of nitrogens with one attached hydrogen (secondary N) is 1. The fourth-order valence-electron chi connectivity index (χ4n) is 3.40. The van der Waals surface area contributed by atoms with Crippen molar-refractivity contribution in [2.45, 2.75) is 38.5 Å². The van der Waals surface area contributed by atoms with E-state index in [1.165, 1.54) is 29.7 Å². The summed E-state index contributed by atoms with van der Waals surface area (Å²) in [6, 6.07) is 0. The van der Waals surface area contributed by atoms with Gasteiger partial charge >= 0.3 is 0 Å². The van der Waals surface area contributed by atoms with Gasteiger partial charge in [0.2, 0.25) is 0 Å². The van der Waals surface area contributed by atoms with E-state index in [1.807, 2.05) is 11.3 Å². The van der Waals surface area contributed by atoms with Crippen molar-refractivity contribution in [1.29, 1.82) is 0 Å². The molecule has 6 heteroatoms. The van der Waals surface area contributed by atoms with Crippen LogP contribution in [0.4, 0.5) is 5.82 Å². The van der Waals surface area contributed by atoms with Gasteiger partial charge in [0.25, 0.3) is 0 Å². The maximum absolute atomic E-state index is 5.72. The molecule has 0 bridgehead atoms. The highest BCUT2D eigenvalue weighted by Crippen LogP contribution is 2.38. The van der Waals surface area contributed by atoms with Crippen LogP contribution in [0.15, 0.2) is 0 Å². The second kappa shape index (κ2) is 5.51. The largest absolute Gasteiger partial charge is 0.381 e. The molecule has 1 atom stereocenters. The van der Waals surface area contributed by atoms with Gasteiger partial charge in [-0.1, -0.05) is 0 Å². The zero-order chi connectivity index (χ0) is 14.2. The number of nitrogen functional groups attached to an aromatic ring is 1. The number of nitrogens with two attached hydrogens (primary N) is 1. The van der Waals surface area contributed by atoms with Crippen LogP contribution in [-0.4, -0.2) is 23.2 Å². The molecule has 2 aromatic heterocycles. The minimum absolute atomic E-state index is 0.544. The molecule has 1 fully saturated rings. The molecule has 0 radical (unpaired) electrons. The molecule has 0 aromatic carbocycles. The predicted molar refractivity (Wildman–Crippen MR) is 84.5 cm³/mol.